The second kappa shape index (κ2) is 29.5. The number of aliphatic hydroxyl groups is 1. The van der Waals surface area contributed by atoms with Crippen LogP contribution in [0, 0.1) is 0 Å². The number of amides is 3. The van der Waals surface area contributed by atoms with Gasteiger partial charge in [0.25, 0.3) is 23.4 Å². The van der Waals surface area contributed by atoms with Crippen LogP contribution in [0.1, 0.15) is 61.5 Å². The normalized spacial score (nSPS) is 18.1. The maximum absolute atomic E-state index is 14.1. The Hall–Kier alpha value is -6.98. The van der Waals surface area contributed by atoms with Gasteiger partial charge in [-0.1, -0.05) is 76.5 Å². The number of thiazole rings is 2. The average Bonchev–Trinajstić information content (AvgIpc) is 2.33. The van der Waals surface area contributed by atoms with Crippen LogP contribution in [0.15, 0.2) is 127 Å². The summed E-state index contributed by atoms with van der Waals surface area (Å²) in [4.78, 5) is 90.8. The number of nitrogens with one attached hydrogen (secondary N) is 4. The average molecular weight is 1320 g/mol. The molecule has 90 heavy (non-hydrogen) atoms. The van der Waals surface area contributed by atoms with Crippen molar-refractivity contribution in [2.45, 2.75) is 81.2 Å². The number of aryl methyl sites for hydroxylation is 2. The first-order valence-electron chi connectivity index (χ1n) is 29.3. The van der Waals surface area contributed by atoms with Gasteiger partial charge in [-0.2, -0.15) is 9.13 Å². The molecule has 23 nitrogen and oxygen atoms in total. The summed E-state index contributed by atoms with van der Waals surface area (Å²) in [6.45, 7) is 7.97. The van der Waals surface area contributed by atoms with Gasteiger partial charge >= 0.3 is 5.69 Å². The van der Waals surface area contributed by atoms with E-state index in [1.54, 1.807) is 81.0 Å². The Morgan fingerprint density at radius 1 is 0.811 bits per heavy atom. The number of phosphoric ester groups is 1. The van der Waals surface area contributed by atoms with Crippen LogP contribution < -0.4 is 55.8 Å². The zero-order chi connectivity index (χ0) is 63.8. The highest BCUT2D eigenvalue weighted by molar-refractivity contribution is 8.04. The summed E-state index contributed by atoms with van der Waals surface area (Å²) >= 11 is 6.44. The number of aromatic amines is 1. The van der Waals surface area contributed by atoms with Gasteiger partial charge in [-0.25, -0.2) is 4.79 Å². The summed E-state index contributed by atoms with van der Waals surface area (Å²) in [5.74, 6) is -0.382. The number of phosphoric acid groups is 1. The molecule has 0 spiro atoms. The number of fused-ring (bicyclic) bond motifs is 4. The number of thioether (sulfide) groups is 2. The van der Waals surface area contributed by atoms with Gasteiger partial charge in [-0.3, -0.25) is 38.2 Å². The molecule has 1 fully saturated rings. The predicted molar refractivity (Wildman–Crippen MR) is 348 cm³/mol. The van der Waals surface area contributed by atoms with E-state index >= 15 is 0 Å². The van der Waals surface area contributed by atoms with Gasteiger partial charge in [0.1, 0.15) is 54.7 Å². The highest BCUT2D eigenvalue weighted by Gasteiger charge is 2.41. The number of ether oxygens (including phenoxy) is 3. The molecule has 4 atom stereocenters. The number of para-hydroxylation sites is 2. The first-order valence-corrected chi connectivity index (χ1v) is 34.0. The van der Waals surface area contributed by atoms with Gasteiger partial charge < -0.3 is 59.0 Å². The van der Waals surface area contributed by atoms with E-state index in [1.165, 1.54) is 12.3 Å². The second-order valence-corrected chi connectivity index (χ2v) is 27.5. The van der Waals surface area contributed by atoms with Crippen molar-refractivity contribution in [2.24, 2.45) is 14.1 Å². The third-order valence-electron chi connectivity index (χ3n) is 14.9. The van der Waals surface area contributed by atoms with Gasteiger partial charge in [-0.05, 0) is 75.7 Å². The topological polar surface area (TPSA) is 266 Å². The lowest BCUT2D eigenvalue weighted by Crippen LogP contribution is -2.45. The van der Waals surface area contributed by atoms with Gasteiger partial charge in [0, 0.05) is 86.0 Å². The lowest BCUT2D eigenvalue weighted by molar-refractivity contribution is -0.642. The molecule has 476 valence electrons. The number of benzene rings is 4. The number of anilines is 2. The maximum Gasteiger partial charge on any atom is 0.330 e. The summed E-state index contributed by atoms with van der Waals surface area (Å²) in [6, 6.07) is 27.9. The smallest absolute Gasteiger partial charge is 0.330 e. The number of aliphatic hydroxyl groups excluding tert-OH is 1. The number of carbonyl (C=O) groups excluding carboxylic acids is 3. The number of hydrogen-bond donors (Lipinski definition) is 5. The minimum Gasteiger partial charge on any atom is -0.756 e. The van der Waals surface area contributed by atoms with E-state index in [9.17, 15) is 38.5 Å². The van der Waals surface area contributed by atoms with E-state index in [0.717, 1.165) is 72.3 Å². The number of aromatic nitrogens is 4. The summed E-state index contributed by atoms with van der Waals surface area (Å²) in [5.41, 5.74) is 2.89. The Morgan fingerprint density at radius 2 is 1.38 bits per heavy atom. The fourth-order valence-electron chi connectivity index (χ4n) is 10.4. The molecule has 0 bridgehead atoms. The third kappa shape index (κ3) is 16.2. The molecule has 6 heterocycles. The zero-order valence-electron chi connectivity index (χ0n) is 50.7. The van der Waals surface area contributed by atoms with Crippen molar-refractivity contribution in [3.8, 4) is 5.75 Å². The second-order valence-electron chi connectivity index (χ2n) is 22.0. The van der Waals surface area contributed by atoms with Crippen LogP contribution in [0.25, 0.3) is 38.7 Å². The van der Waals surface area contributed by atoms with Crippen molar-refractivity contribution < 1.29 is 61.3 Å². The molecule has 3 aliphatic heterocycles. The van der Waals surface area contributed by atoms with Crippen molar-refractivity contribution in [3.05, 3.63) is 149 Å². The Kier molecular flexibility index (Phi) is 21.6. The zero-order valence-corrected chi connectivity index (χ0v) is 54.9. The molecule has 4 aromatic carbocycles. The molecule has 3 amide bonds. The van der Waals surface area contributed by atoms with Crippen LogP contribution in [0.2, 0.25) is 0 Å². The van der Waals surface area contributed by atoms with Gasteiger partial charge in [0.15, 0.2) is 0 Å². The SMILES string of the molecule is COc1ccc2c(c1)N(CC(=O)NCCN(CCNC(=O)/C=C/c1cn(C3CC(OP(=O)([O-])OC(C)C)C(COC(C)C)O3)c(=O)[nH]c1=O)CCNC(=O)CN1/C(=C/c3sc4ccccc4[n+]3C)Sc3ccc(CO)cc31)/C(=C/c1sc3ccccc3[n+]1C)S2. The van der Waals surface area contributed by atoms with E-state index < -0.39 is 49.5 Å². The Morgan fingerprint density at radius 3 is 1.93 bits per heavy atom. The fourth-order valence-corrected chi connectivity index (χ4v) is 16.0. The summed E-state index contributed by atoms with van der Waals surface area (Å²) in [6.07, 6.45) is 3.67. The van der Waals surface area contributed by atoms with E-state index in [0.29, 0.717) is 24.4 Å². The van der Waals surface area contributed by atoms with Gasteiger partial charge in [0.2, 0.25) is 28.8 Å². The van der Waals surface area contributed by atoms with Gasteiger partial charge in [-0.15, -0.1) is 0 Å². The van der Waals surface area contributed by atoms with Crippen LogP contribution in [0.4, 0.5) is 11.4 Å². The molecular weight excluding hydrogens is 1250 g/mol. The Labute approximate surface area is 536 Å². The lowest BCUT2D eigenvalue weighted by atomic mass is 10.2. The Bertz CT molecular complexity index is 3900. The van der Waals surface area contributed by atoms with Crippen LogP contribution in [0.3, 0.4) is 0 Å². The molecule has 5 N–H and O–H groups in total. The van der Waals surface area contributed by atoms with E-state index in [-0.39, 0.29) is 82.4 Å². The molecule has 0 radical (unpaired) electrons. The minimum atomic E-state index is -4.79. The van der Waals surface area contributed by atoms with E-state index in [4.69, 9.17) is 23.3 Å². The molecular formula is C62H72N10O13PS4+. The summed E-state index contributed by atoms with van der Waals surface area (Å²) in [5, 5.41) is 22.9. The maximum atomic E-state index is 14.1. The molecule has 10 rings (SSSR count). The van der Waals surface area contributed by atoms with Crippen molar-refractivity contribution in [1.29, 1.82) is 0 Å². The fraction of sp³-hybridized carbons (Fsp3) is 0.371. The molecule has 0 saturated carbocycles. The monoisotopic (exact) mass is 1320 g/mol. The third-order valence-corrected chi connectivity index (χ3v) is 20.6. The van der Waals surface area contributed by atoms with Crippen molar-refractivity contribution in [3.63, 3.8) is 0 Å². The van der Waals surface area contributed by atoms with Crippen LogP contribution >= 0.6 is 54.0 Å². The molecule has 7 aromatic rings. The highest BCUT2D eigenvalue weighted by Crippen LogP contribution is 2.50. The molecule has 0 aliphatic carbocycles. The number of nitrogens with zero attached hydrogens (tertiary/aromatic N) is 6. The first-order chi connectivity index (χ1) is 43.2. The number of H-pyrrole nitrogens is 1. The molecule has 3 aliphatic rings. The Balaban J connectivity index is 0.817. The molecule has 4 unspecified atom stereocenters. The lowest BCUT2D eigenvalue weighted by Gasteiger charge is -2.29. The van der Waals surface area contributed by atoms with Crippen molar-refractivity contribution >= 4 is 122 Å². The number of rotatable bonds is 27. The van der Waals surface area contributed by atoms with Crippen LogP contribution in [-0.2, 0) is 58.2 Å². The standard InChI is InChI=1S/C62H71N10O13PS4/c1-38(2)82-37-48-47(85-86(79,80)84-39(3)4)30-56(83-48)72-33-41(61(77)66-62(72)78)17-21-53(74)63-22-25-69(26-23-64-54(75)34-70-45-28-40(36-73)16-19-51(45)89-59(70)31-57-67(5)43-12-8-10-14-49(43)87-57)27-24-65-55(76)35-71-46-29-42(81-7)18-20-52(46)90-60(71)32-58-68(6)44-13-9-11-15-50(44)88-58/h8-21,28-29,31-33,38-39,47-48,56,73H,22-27,30,34-37H2,1-7H3,(H3-2,63,64,65,66,74,75,76,77,78,79,80)/p+1/b21-17+. The van der Waals surface area contributed by atoms with Gasteiger partial charge in [0.05, 0.1) is 77.8 Å². The van der Waals surface area contributed by atoms with E-state index in [1.807, 2.05) is 89.5 Å². The number of methoxy groups -OCH3 is 1. The largest absolute Gasteiger partial charge is 0.756 e. The van der Waals surface area contributed by atoms with Crippen molar-refractivity contribution in [2.75, 3.05) is 75.9 Å². The first kappa shape index (κ1) is 66.0. The molecule has 28 heteroatoms. The number of carbonyl (C=O) groups is 3. The summed E-state index contributed by atoms with van der Waals surface area (Å²) in [7, 11) is 0.852. The molecule has 3 aromatic heterocycles. The highest BCUT2D eigenvalue weighted by atomic mass is 32.2. The van der Waals surface area contributed by atoms with E-state index in [2.05, 4.69) is 66.5 Å². The van der Waals surface area contributed by atoms with Crippen LogP contribution in [-0.4, -0.2) is 128 Å². The quantitative estimate of drug-likeness (QED) is 0.0225. The summed E-state index contributed by atoms with van der Waals surface area (Å²) < 4.78 is 48.2. The number of hydrogen-bond acceptors (Lipinski definition) is 20. The van der Waals surface area contributed by atoms with Crippen LogP contribution in [0.5, 0.6) is 5.75 Å². The minimum absolute atomic E-state index is 0.00952. The van der Waals surface area contributed by atoms with Crippen molar-refractivity contribution in [1.82, 2.24) is 30.4 Å². The molecule has 1 saturated heterocycles. The predicted octanol–water partition coefficient (Wildman–Crippen LogP) is 5.99.